The molecule has 1 aliphatic heterocycles. The van der Waals surface area contributed by atoms with Crippen molar-refractivity contribution in [2.24, 2.45) is 5.73 Å². The molecule has 0 aliphatic carbocycles. The number of primary amides is 1. The van der Waals surface area contributed by atoms with Crippen LogP contribution < -0.4 is 16.4 Å². The maximum atomic E-state index is 12.4. The molecule has 2 aromatic carbocycles. The van der Waals surface area contributed by atoms with Crippen molar-refractivity contribution >= 4 is 63.9 Å². The number of rotatable bonds is 10. The summed E-state index contributed by atoms with van der Waals surface area (Å²) in [6, 6.07) is 12.8. The van der Waals surface area contributed by atoms with Crippen LogP contribution in [0.3, 0.4) is 0 Å². The number of anilines is 1. The number of hydrogen-bond donors (Lipinski definition) is 3. The largest absolute Gasteiger partial charge is 0.353 e. The summed E-state index contributed by atoms with van der Waals surface area (Å²) < 4.78 is 0.976. The third kappa shape index (κ3) is 8.61. The lowest BCUT2D eigenvalue weighted by molar-refractivity contribution is -0.122. The standard InChI is InChI=1S/C26H29Cl2N5O2S2/c27-21-8-3-17(14-22(21)28)15-33-11-9-20(10-12-33)30-24(34)2-1-13-36-26-32-23(16-37-26)18-4-6-19(7-5-18)31-25(29)35/h3-8,14,16,20H,1-2,9-13,15H2,(H,30,34)(H3,29,31,35). The third-order valence-corrected chi connectivity index (χ3v) is 8.89. The van der Waals surface area contributed by atoms with Gasteiger partial charge in [-0.15, -0.1) is 11.3 Å². The summed E-state index contributed by atoms with van der Waals surface area (Å²) in [6.07, 6.45) is 3.21. The summed E-state index contributed by atoms with van der Waals surface area (Å²) in [4.78, 5) is 30.4. The molecule has 0 saturated carbocycles. The lowest BCUT2D eigenvalue weighted by Crippen LogP contribution is -2.44. The SMILES string of the molecule is NC(=O)Nc1ccc(-c2csc(SCCCC(=O)NC3CCN(Cc4ccc(Cl)c(Cl)c4)CC3)n2)cc1. The Bertz CT molecular complexity index is 1210. The first-order valence-corrected chi connectivity index (χ1v) is 14.7. The molecule has 37 heavy (non-hydrogen) atoms. The highest BCUT2D eigenvalue weighted by molar-refractivity contribution is 8.01. The van der Waals surface area contributed by atoms with Gasteiger partial charge in [0.05, 0.1) is 15.7 Å². The first-order valence-electron chi connectivity index (χ1n) is 12.1. The van der Waals surface area contributed by atoms with E-state index in [-0.39, 0.29) is 11.9 Å². The van der Waals surface area contributed by atoms with Gasteiger partial charge in [0, 0.05) is 54.5 Å². The van der Waals surface area contributed by atoms with Gasteiger partial charge in [0.25, 0.3) is 0 Å². The van der Waals surface area contributed by atoms with E-state index in [1.165, 1.54) is 0 Å². The van der Waals surface area contributed by atoms with Gasteiger partial charge >= 0.3 is 6.03 Å². The van der Waals surface area contributed by atoms with Crippen LogP contribution in [0.1, 0.15) is 31.2 Å². The molecule has 0 atom stereocenters. The topological polar surface area (TPSA) is 100 Å². The molecular formula is C26H29Cl2N5O2S2. The van der Waals surface area contributed by atoms with Crippen LogP contribution in [0.5, 0.6) is 0 Å². The fourth-order valence-electron chi connectivity index (χ4n) is 4.15. The van der Waals surface area contributed by atoms with Crippen molar-refractivity contribution in [3.05, 3.63) is 63.5 Å². The number of piperidine rings is 1. The van der Waals surface area contributed by atoms with E-state index < -0.39 is 6.03 Å². The summed E-state index contributed by atoms with van der Waals surface area (Å²) >= 11 is 15.4. The Hall–Kier alpha value is -2.30. The van der Waals surface area contributed by atoms with Crippen molar-refractivity contribution in [3.8, 4) is 11.3 Å². The van der Waals surface area contributed by atoms with E-state index in [9.17, 15) is 9.59 Å². The van der Waals surface area contributed by atoms with Gasteiger partial charge in [0.15, 0.2) is 4.34 Å². The first-order chi connectivity index (χ1) is 17.9. The van der Waals surface area contributed by atoms with E-state index in [0.29, 0.717) is 22.2 Å². The van der Waals surface area contributed by atoms with E-state index in [2.05, 4.69) is 20.5 Å². The fraction of sp³-hybridized carbons (Fsp3) is 0.346. The summed E-state index contributed by atoms with van der Waals surface area (Å²) in [5, 5.41) is 8.92. The Morgan fingerprint density at radius 3 is 2.57 bits per heavy atom. The Morgan fingerprint density at radius 1 is 1.11 bits per heavy atom. The average Bonchev–Trinajstić information content (AvgIpc) is 3.34. The van der Waals surface area contributed by atoms with Crippen molar-refractivity contribution in [2.45, 2.75) is 42.6 Å². The van der Waals surface area contributed by atoms with Crippen LogP contribution in [-0.4, -0.2) is 46.7 Å². The fourth-order valence-corrected chi connectivity index (χ4v) is 6.31. The molecule has 1 aliphatic rings. The number of carbonyl (C=O) groups excluding carboxylic acids is 2. The number of urea groups is 1. The third-order valence-electron chi connectivity index (χ3n) is 6.05. The number of nitrogens with one attached hydrogen (secondary N) is 2. The van der Waals surface area contributed by atoms with E-state index in [4.69, 9.17) is 28.9 Å². The smallest absolute Gasteiger partial charge is 0.316 e. The minimum atomic E-state index is -0.588. The molecule has 196 valence electrons. The molecule has 4 rings (SSSR count). The molecule has 4 N–H and O–H groups in total. The van der Waals surface area contributed by atoms with Crippen LogP contribution in [-0.2, 0) is 11.3 Å². The van der Waals surface area contributed by atoms with Crippen molar-refractivity contribution in [1.29, 1.82) is 0 Å². The zero-order valence-corrected chi connectivity index (χ0v) is 23.4. The zero-order chi connectivity index (χ0) is 26.2. The van der Waals surface area contributed by atoms with Crippen molar-refractivity contribution in [2.75, 3.05) is 24.2 Å². The molecule has 3 amide bonds. The number of nitrogens with zero attached hydrogens (tertiary/aromatic N) is 2. The summed E-state index contributed by atoms with van der Waals surface area (Å²) in [6.45, 7) is 2.72. The Morgan fingerprint density at radius 2 is 1.86 bits per heavy atom. The number of thiazole rings is 1. The molecule has 11 heteroatoms. The molecule has 2 heterocycles. The van der Waals surface area contributed by atoms with E-state index in [1.807, 2.05) is 35.7 Å². The van der Waals surface area contributed by atoms with Crippen LogP contribution in [0, 0.1) is 0 Å². The minimum Gasteiger partial charge on any atom is -0.353 e. The molecule has 3 aromatic rings. The maximum Gasteiger partial charge on any atom is 0.316 e. The molecule has 0 radical (unpaired) electrons. The second kappa shape index (κ2) is 13.5. The quantitative estimate of drug-likeness (QED) is 0.195. The van der Waals surface area contributed by atoms with E-state index >= 15 is 0 Å². The Labute approximate surface area is 235 Å². The second-order valence-electron chi connectivity index (χ2n) is 8.88. The number of aromatic nitrogens is 1. The van der Waals surface area contributed by atoms with Gasteiger partial charge in [0.2, 0.25) is 5.91 Å². The minimum absolute atomic E-state index is 0.119. The summed E-state index contributed by atoms with van der Waals surface area (Å²) in [5.74, 6) is 0.956. The van der Waals surface area contributed by atoms with E-state index in [1.54, 1.807) is 35.2 Å². The molecule has 0 bridgehead atoms. The highest BCUT2D eigenvalue weighted by atomic mass is 35.5. The number of hydrogen-bond acceptors (Lipinski definition) is 6. The van der Waals surface area contributed by atoms with Crippen LogP contribution in [0.15, 0.2) is 52.2 Å². The number of likely N-dealkylation sites (tertiary alicyclic amines) is 1. The molecular weight excluding hydrogens is 549 g/mol. The number of nitrogens with two attached hydrogens (primary N) is 1. The molecule has 1 aromatic heterocycles. The normalized spacial score (nSPS) is 14.4. The van der Waals surface area contributed by atoms with Gasteiger partial charge < -0.3 is 16.4 Å². The highest BCUT2D eigenvalue weighted by Crippen LogP contribution is 2.29. The first kappa shape index (κ1) is 27.7. The second-order valence-corrected chi connectivity index (χ2v) is 11.9. The van der Waals surface area contributed by atoms with Gasteiger partial charge in [-0.3, -0.25) is 9.69 Å². The number of amides is 3. The number of carbonyl (C=O) groups is 2. The molecule has 0 spiro atoms. The van der Waals surface area contributed by atoms with Gasteiger partial charge in [-0.05, 0) is 49.1 Å². The molecule has 7 nitrogen and oxygen atoms in total. The Balaban J connectivity index is 1.12. The Kier molecular flexibility index (Phi) is 10.1. The van der Waals surface area contributed by atoms with Gasteiger partial charge in [-0.2, -0.15) is 0 Å². The summed E-state index contributed by atoms with van der Waals surface area (Å²) in [7, 11) is 0. The molecule has 1 fully saturated rings. The van der Waals surface area contributed by atoms with Crippen LogP contribution in [0.2, 0.25) is 10.0 Å². The van der Waals surface area contributed by atoms with Crippen LogP contribution >= 0.6 is 46.3 Å². The lowest BCUT2D eigenvalue weighted by Gasteiger charge is -2.32. The number of benzene rings is 2. The van der Waals surface area contributed by atoms with Crippen molar-refractivity contribution in [1.82, 2.24) is 15.2 Å². The predicted octanol–water partition coefficient (Wildman–Crippen LogP) is 6.26. The zero-order valence-electron chi connectivity index (χ0n) is 20.2. The average molecular weight is 579 g/mol. The molecule has 0 unspecified atom stereocenters. The number of halogens is 2. The maximum absolute atomic E-state index is 12.4. The van der Waals surface area contributed by atoms with Gasteiger partial charge in [-0.1, -0.05) is 53.2 Å². The number of thioether (sulfide) groups is 1. The highest BCUT2D eigenvalue weighted by Gasteiger charge is 2.21. The van der Waals surface area contributed by atoms with E-state index in [0.717, 1.165) is 65.8 Å². The summed E-state index contributed by atoms with van der Waals surface area (Å²) in [5.41, 5.74) is 8.80. The van der Waals surface area contributed by atoms with Crippen LogP contribution in [0.25, 0.3) is 11.3 Å². The monoisotopic (exact) mass is 577 g/mol. The lowest BCUT2D eigenvalue weighted by atomic mass is 10.0. The predicted molar refractivity (Wildman–Crippen MR) is 154 cm³/mol. The van der Waals surface area contributed by atoms with Crippen LogP contribution in [0.4, 0.5) is 10.5 Å². The molecule has 1 saturated heterocycles. The van der Waals surface area contributed by atoms with Crippen molar-refractivity contribution < 1.29 is 9.59 Å². The van der Waals surface area contributed by atoms with Gasteiger partial charge in [0.1, 0.15) is 0 Å². The van der Waals surface area contributed by atoms with Gasteiger partial charge in [-0.25, -0.2) is 9.78 Å². The van der Waals surface area contributed by atoms with Crippen molar-refractivity contribution in [3.63, 3.8) is 0 Å².